The van der Waals surface area contributed by atoms with Crippen LogP contribution < -0.4 is 10.6 Å². The molecule has 2 rings (SSSR count). The molecule has 0 saturated heterocycles. The van der Waals surface area contributed by atoms with Crippen LogP contribution in [0.4, 0.5) is 16.2 Å². The molecule has 0 fully saturated rings. The highest BCUT2D eigenvalue weighted by molar-refractivity contribution is 6.05. The van der Waals surface area contributed by atoms with Crippen LogP contribution in [0, 0.1) is 13.8 Å². The van der Waals surface area contributed by atoms with Crippen molar-refractivity contribution in [3.05, 3.63) is 59.2 Å². The van der Waals surface area contributed by atoms with E-state index in [1.54, 1.807) is 45.0 Å². The van der Waals surface area contributed by atoms with Gasteiger partial charge in [-0.3, -0.25) is 10.1 Å². The van der Waals surface area contributed by atoms with Crippen molar-refractivity contribution in [2.45, 2.75) is 40.2 Å². The average Bonchev–Trinajstić information content (AvgIpc) is 2.44. The normalized spacial score (nSPS) is 10.9. The Labute approximate surface area is 148 Å². The number of aryl methyl sites for hydroxylation is 2. The van der Waals surface area contributed by atoms with Crippen molar-refractivity contribution in [1.82, 2.24) is 0 Å². The lowest BCUT2D eigenvalue weighted by Gasteiger charge is -2.19. The van der Waals surface area contributed by atoms with Crippen LogP contribution >= 0.6 is 0 Å². The highest BCUT2D eigenvalue weighted by Gasteiger charge is 2.16. The SMILES string of the molecule is Cc1cc(C)cc(NC(=O)c2cccc(NC(=O)OC(C)(C)C)c2)c1. The third kappa shape index (κ3) is 5.95. The molecule has 0 radical (unpaired) electrons. The minimum atomic E-state index is -0.581. The first kappa shape index (κ1) is 18.5. The van der Waals surface area contributed by atoms with E-state index in [1.807, 2.05) is 32.0 Å². The van der Waals surface area contributed by atoms with E-state index in [4.69, 9.17) is 4.74 Å². The second-order valence-electron chi connectivity index (χ2n) is 7.04. The van der Waals surface area contributed by atoms with E-state index in [0.717, 1.165) is 16.8 Å². The summed E-state index contributed by atoms with van der Waals surface area (Å²) in [5.74, 6) is -0.238. The summed E-state index contributed by atoms with van der Waals surface area (Å²) in [5.41, 5.74) is 3.27. The van der Waals surface area contributed by atoms with Gasteiger partial charge in [0, 0.05) is 16.9 Å². The highest BCUT2D eigenvalue weighted by atomic mass is 16.6. The number of carbonyl (C=O) groups is 2. The number of nitrogens with one attached hydrogen (secondary N) is 2. The number of rotatable bonds is 3. The van der Waals surface area contributed by atoms with E-state index in [0.29, 0.717) is 11.3 Å². The van der Waals surface area contributed by atoms with E-state index >= 15 is 0 Å². The summed E-state index contributed by atoms with van der Waals surface area (Å²) >= 11 is 0. The molecule has 25 heavy (non-hydrogen) atoms. The first-order chi connectivity index (χ1) is 11.6. The van der Waals surface area contributed by atoms with Crippen molar-refractivity contribution in [2.24, 2.45) is 0 Å². The quantitative estimate of drug-likeness (QED) is 0.835. The minimum absolute atomic E-state index is 0.238. The van der Waals surface area contributed by atoms with Crippen LogP contribution in [-0.2, 0) is 4.74 Å². The Morgan fingerprint density at radius 1 is 0.880 bits per heavy atom. The van der Waals surface area contributed by atoms with E-state index in [2.05, 4.69) is 10.6 Å². The number of benzene rings is 2. The fourth-order valence-corrected chi connectivity index (χ4v) is 2.41. The molecule has 2 aromatic carbocycles. The standard InChI is InChI=1S/C20H24N2O3/c1-13-9-14(2)11-17(10-13)21-18(23)15-7-6-8-16(12-15)22-19(24)25-20(3,4)5/h6-12H,1-5H3,(H,21,23)(H,22,24). The second-order valence-corrected chi connectivity index (χ2v) is 7.04. The topological polar surface area (TPSA) is 67.4 Å². The molecule has 2 aromatic rings. The lowest BCUT2D eigenvalue weighted by atomic mass is 10.1. The lowest BCUT2D eigenvalue weighted by Crippen LogP contribution is -2.27. The molecule has 0 atom stereocenters. The predicted molar refractivity (Wildman–Crippen MR) is 100 cm³/mol. The van der Waals surface area contributed by atoms with Gasteiger partial charge in [0.25, 0.3) is 5.91 Å². The van der Waals surface area contributed by atoms with Crippen LogP contribution in [0.25, 0.3) is 0 Å². The van der Waals surface area contributed by atoms with E-state index < -0.39 is 11.7 Å². The van der Waals surface area contributed by atoms with Crippen LogP contribution in [0.15, 0.2) is 42.5 Å². The number of carbonyl (C=O) groups excluding carboxylic acids is 2. The van der Waals surface area contributed by atoms with Crippen LogP contribution in [0.2, 0.25) is 0 Å². The van der Waals surface area contributed by atoms with Gasteiger partial charge in [-0.05, 0) is 76.1 Å². The van der Waals surface area contributed by atoms with E-state index in [9.17, 15) is 9.59 Å². The van der Waals surface area contributed by atoms with Gasteiger partial charge in [-0.25, -0.2) is 4.79 Å². The maximum atomic E-state index is 12.4. The molecule has 0 aromatic heterocycles. The molecule has 0 bridgehead atoms. The molecule has 0 spiro atoms. The molecule has 5 heteroatoms. The second kappa shape index (κ2) is 7.38. The highest BCUT2D eigenvalue weighted by Crippen LogP contribution is 2.17. The fourth-order valence-electron chi connectivity index (χ4n) is 2.41. The Kier molecular flexibility index (Phi) is 5.47. The maximum absolute atomic E-state index is 12.4. The minimum Gasteiger partial charge on any atom is -0.444 e. The molecule has 2 amide bonds. The number of amides is 2. The molecule has 2 N–H and O–H groups in total. The van der Waals surface area contributed by atoms with Crippen molar-refractivity contribution < 1.29 is 14.3 Å². The summed E-state index contributed by atoms with van der Waals surface area (Å²) in [4.78, 5) is 24.3. The van der Waals surface area contributed by atoms with Crippen LogP contribution in [0.1, 0.15) is 42.3 Å². The molecule has 0 aliphatic rings. The Hall–Kier alpha value is -2.82. The van der Waals surface area contributed by atoms with Gasteiger partial charge in [-0.15, -0.1) is 0 Å². The largest absolute Gasteiger partial charge is 0.444 e. The van der Waals surface area contributed by atoms with Crippen LogP contribution in [-0.4, -0.2) is 17.6 Å². The van der Waals surface area contributed by atoms with Gasteiger partial charge in [-0.2, -0.15) is 0 Å². The third-order valence-electron chi connectivity index (χ3n) is 3.25. The summed E-state index contributed by atoms with van der Waals surface area (Å²) in [6.07, 6.45) is -0.556. The molecule has 5 nitrogen and oxygen atoms in total. The first-order valence-electron chi connectivity index (χ1n) is 8.12. The van der Waals surface area contributed by atoms with Crippen molar-refractivity contribution in [3.8, 4) is 0 Å². The number of hydrogen-bond donors (Lipinski definition) is 2. The Bertz CT molecular complexity index is 772. The van der Waals surface area contributed by atoms with Crippen molar-refractivity contribution in [3.63, 3.8) is 0 Å². The molecule has 0 aliphatic carbocycles. The third-order valence-corrected chi connectivity index (χ3v) is 3.25. The van der Waals surface area contributed by atoms with Crippen LogP contribution in [0.5, 0.6) is 0 Å². The average molecular weight is 340 g/mol. The molecule has 0 aliphatic heterocycles. The smallest absolute Gasteiger partial charge is 0.412 e. The van der Waals surface area contributed by atoms with Gasteiger partial charge in [0.05, 0.1) is 0 Å². The van der Waals surface area contributed by atoms with Gasteiger partial charge in [-0.1, -0.05) is 12.1 Å². The summed E-state index contributed by atoms with van der Waals surface area (Å²) in [5, 5.41) is 5.51. The fraction of sp³-hybridized carbons (Fsp3) is 0.300. The summed E-state index contributed by atoms with van der Waals surface area (Å²) < 4.78 is 5.21. The van der Waals surface area contributed by atoms with Gasteiger partial charge in [0.15, 0.2) is 0 Å². The summed E-state index contributed by atoms with van der Waals surface area (Å²) in [7, 11) is 0. The number of ether oxygens (including phenoxy) is 1. The summed E-state index contributed by atoms with van der Waals surface area (Å²) in [6, 6.07) is 12.6. The Morgan fingerprint density at radius 2 is 1.52 bits per heavy atom. The molecule has 0 heterocycles. The molecule has 0 unspecified atom stereocenters. The maximum Gasteiger partial charge on any atom is 0.412 e. The Balaban J connectivity index is 2.09. The van der Waals surface area contributed by atoms with E-state index in [-0.39, 0.29) is 5.91 Å². The first-order valence-corrected chi connectivity index (χ1v) is 8.12. The van der Waals surface area contributed by atoms with Gasteiger partial charge < -0.3 is 10.1 Å². The van der Waals surface area contributed by atoms with Gasteiger partial charge in [0.1, 0.15) is 5.60 Å². The van der Waals surface area contributed by atoms with Crippen molar-refractivity contribution >= 4 is 23.4 Å². The summed E-state index contributed by atoms with van der Waals surface area (Å²) in [6.45, 7) is 9.34. The predicted octanol–water partition coefficient (Wildman–Crippen LogP) is 4.90. The zero-order valence-corrected chi connectivity index (χ0v) is 15.3. The zero-order chi connectivity index (χ0) is 18.6. The number of hydrogen-bond acceptors (Lipinski definition) is 3. The number of anilines is 2. The molecular weight excluding hydrogens is 316 g/mol. The molecule has 132 valence electrons. The Morgan fingerprint density at radius 3 is 2.12 bits per heavy atom. The van der Waals surface area contributed by atoms with Gasteiger partial charge in [0.2, 0.25) is 0 Å². The van der Waals surface area contributed by atoms with Crippen molar-refractivity contribution in [1.29, 1.82) is 0 Å². The monoisotopic (exact) mass is 340 g/mol. The lowest BCUT2D eigenvalue weighted by molar-refractivity contribution is 0.0635. The van der Waals surface area contributed by atoms with E-state index in [1.165, 1.54) is 0 Å². The molecular formula is C20H24N2O3. The zero-order valence-electron chi connectivity index (χ0n) is 15.3. The van der Waals surface area contributed by atoms with Crippen LogP contribution in [0.3, 0.4) is 0 Å². The molecule has 0 saturated carbocycles. The van der Waals surface area contributed by atoms with Gasteiger partial charge >= 0.3 is 6.09 Å². The van der Waals surface area contributed by atoms with Crippen molar-refractivity contribution in [2.75, 3.05) is 10.6 Å².